The SMILES string of the molecule is CCN(CCC(C)c1ccc(C)cc1)C(=O)N(C)C. The van der Waals surface area contributed by atoms with E-state index in [0.29, 0.717) is 5.92 Å². The van der Waals surface area contributed by atoms with E-state index < -0.39 is 0 Å². The molecule has 2 amide bonds. The highest BCUT2D eigenvalue weighted by Gasteiger charge is 2.15. The van der Waals surface area contributed by atoms with E-state index in [1.807, 2.05) is 11.8 Å². The van der Waals surface area contributed by atoms with Gasteiger partial charge in [-0.25, -0.2) is 4.79 Å². The Kier molecular flexibility index (Phi) is 5.87. The average Bonchev–Trinajstić information content (AvgIpc) is 2.39. The summed E-state index contributed by atoms with van der Waals surface area (Å²) in [4.78, 5) is 15.5. The lowest BCUT2D eigenvalue weighted by atomic mass is 9.97. The predicted octanol–water partition coefficient (Wildman–Crippen LogP) is 3.49. The van der Waals surface area contributed by atoms with Gasteiger partial charge in [0.25, 0.3) is 0 Å². The summed E-state index contributed by atoms with van der Waals surface area (Å²) in [6.07, 6.45) is 0.997. The third-order valence-corrected chi connectivity index (χ3v) is 3.51. The topological polar surface area (TPSA) is 23.6 Å². The Hall–Kier alpha value is -1.51. The van der Waals surface area contributed by atoms with Crippen molar-refractivity contribution in [3.63, 3.8) is 0 Å². The van der Waals surface area contributed by atoms with Crippen molar-refractivity contribution in [3.8, 4) is 0 Å². The van der Waals surface area contributed by atoms with Crippen molar-refractivity contribution in [1.82, 2.24) is 9.80 Å². The Morgan fingerprint density at radius 2 is 1.79 bits per heavy atom. The smallest absolute Gasteiger partial charge is 0.319 e. The van der Waals surface area contributed by atoms with Crippen LogP contribution in [0.2, 0.25) is 0 Å². The van der Waals surface area contributed by atoms with Gasteiger partial charge >= 0.3 is 6.03 Å². The minimum atomic E-state index is 0.0959. The second kappa shape index (κ2) is 7.17. The Bertz CT molecular complexity index is 398. The predicted molar refractivity (Wildman–Crippen MR) is 80.5 cm³/mol. The van der Waals surface area contributed by atoms with Crippen LogP contribution in [0.15, 0.2) is 24.3 Å². The van der Waals surface area contributed by atoms with Gasteiger partial charge in [-0.1, -0.05) is 36.8 Å². The zero-order valence-corrected chi connectivity index (χ0v) is 12.8. The lowest BCUT2D eigenvalue weighted by molar-refractivity contribution is 0.172. The van der Waals surface area contributed by atoms with Crippen LogP contribution in [0.25, 0.3) is 0 Å². The molecule has 1 aromatic carbocycles. The molecule has 1 aromatic rings. The van der Waals surface area contributed by atoms with Crippen LogP contribution in [0.3, 0.4) is 0 Å². The fourth-order valence-electron chi connectivity index (χ4n) is 2.08. The number of nitrogens with zero attached hydrogens (tertiary/aromatic N) is 2. The van der Waals surface area contributed by atoms with Crippen molar-refractivity contribution in [2.24, 2.45) is 0 Å². The highest BCUT2D eigenvalue weighted by molar-refractivity contribution is 5.73. The lowest BCUT2D eigenvalue weighted by Crippen LogP contribution is -2.39. The summed E-state index contributed by atoms with van der Waals surface area (Å²) in [6, 6.07) is 8.76. The van der Waals surface area contributed by atoms with Crippen LogP contribution in [0.1, 0.15) is 37.3 Å². The number of carbonyl (C=O) groups excluding carboxylic acids is 1. The summed E-state index contributed by atoms with van der Waals surface area (Å²) in [7, 11) is 3.60. The monoisotopic (exact) mass is 262 g/mol. The Balaban J connectivity index is 2.55. The van der Waals surface area contributed by atoms with Gasteiger partial charge in [-0.05, 0) is 31.7 Å². The van der Waals surface area contributed by atoms with Gasteiger partial charge in [0.05, 0.1) is 0 Å². The molecular weight excluding hydrogens is 236 g/mol. The maximum atomic E-state index is 11.9. The molecule has 0 aliphatic carbocycles. The molecule has 0 aliphatic heterocycles. The molecule has 19 heavy (non-hydrogen) atoms. The number of amides is 2. The van der Waals surface area contributed by atoms with Crippen molar-refractivity contribution in [1.29, 1.82) is 0 Å². The molecular formula is C16H26N2O. The number of hydrogen-bond donors (Lipinski definition) is 0. The number of carbonyl (C=O) groups is 1. The highest BCUT2D eigenvalue weighted by Crippen LogP contribution is 2.19. The maximum Gasteiger partial charge on any atom is 0.319 e. The molecule has 106 valence electrons. The molecule has 0 fully saturated rings. The van der Waals surface area contributed by atoms with E-state index in [9.17, 15) is 4.79 Å². The second-order valence-electron chi connectivity index (χ2n) is 5.36. The highest BCUT2D eigenvalue weighted by atomic mass is 16.2. The van der Waals surface area contributed by atoms with E-state index in [2.05, 4.69) is 38.1 Å². The van der Waals surface area contributed by atoms with Gasteiger partial charge in [-0.15, -0.1) is 0 Å². The van der Waals surface area contributed by atoms with Crippen LogP contribution in [0.4, 0.5) is 4.79 Å². The first-order valence-electron chi connectivity index (χ1n) is 6.98. The normalized spacial score (nSPS) is 12.1. The van der Waals surface area contributed by atoms with E-state index in [1.165, 1.54) is 11.1 Å². The molecule has 0 radical (unpaired) electrons. The van der Waals surface area contributed by atoms with Crippen molar-refractivity contribution in [2.75, 3.05) is 27.2 Å². The molecule has 0 spiro atoms. The van der Waals surface area contributed by atoms with E-state index in [0.717, 1.165) is 19.5 Å². The van der Waals surface area contributed by atoms with Crippen molar-refractivity contribution < 1.29 is 4.79 Å². The summed E-state index contributed by atoms with van der Waals surface area (Å²) < 4.78 is 0. The minimum absolute atomic E-state index is 0.0959. The number of rotatable bonds is 5. The summed E-state index contributed by atoms with van der Waals surface area (Å²) in [5, 5.41) is 0. The van der Waals surface area contributed by atoms with Gasteiger partial charge in [-0.2, -0.15) is 0 Å². The van der Waals surface area contributed by atoms with Crippen LogP contribution in [0.5, 0.6) is 0 Å². The van der Waals surface area contributed by atoms with Gasteiger partial charge in [-0.3, -0.25) is 0 Å². The molecule has 0 N–H and O–H groups in total. The van der Waals surface area contributed by atoms with Gasteiger partial charge in [0.15, 0.2) is 0 Å². The average molecular weight is 262 g/mol. The van der Waals surface area contributed by atoms with Gasteiger partial charge in [0.1, 0.15) is 0 Å². The third-order valence-electron chi connectivity index (χ3n) is 3.51. The Labute approximate surface area is 117 Å². The third kappa shape index (κ3) is 4.58. The van der Waals surface area contributed by atoms with Crippen molar-refractivity contribution >= 4 is 6.03 Å². The minimum Gasteiger partial charge on any atom is -0.331 e. The van der Waals surface area contributed by atoms with E-state index >= 15 is 0 Å². The van der Waals surface area contributed by atoms with Crippen molar-refractivity contribution in [3.05, 3.63) is 35.4 Å². The molecule has 1 atom stereocenters. The second-order valence-corrected chi connectivity index (χ2v) is 5.36. The van der Waals surface area contributed by atoms with E-state index in [-0.39, 0.29) is 6.03 Å². The molecule has 3 heteroatoms. The number of aryl methyl sites for hydroxylation is 1. The number of urea groups is 1. The first-order valence-corrected chi connectivity index (χ1v) is 6.98. The van der Waals surface area contributed by atoms with Crippen molar-refractivity contribution in [2.45, 2.75) is 33.1 Å². The molecule has 0 aliphatic rings. The summed E-state index contributed by atoms with van der Waals surface area (Å²) in [5.41, 5.74) is 2.63. The standard InChI is InChI=1S/C16H26N2O/c1-6-18(16(19)17(4)5)12-11-14(3)15-9-7-13(2)8-10-15/h7-10,14H,6,11-12H2,1-5H3. The molecule has 0 saturated carbocycles. The largest absolute Gasteiger partial charge is 0.331 e. The molecule has 0 heterocycles. The van der Waals surface area contributed by atoms with Crippen LogP contribution in [0, 0.1) is 6.92 Å². The Morgan fingerprint density at radius 3 is 2.26 bits per heavy atom. The van der Waals surface area contributed by atoms with E-state index in [1.54, 1.807) is 19.0 Å². The molecule has 1 unspecified atom stereocenters. The fourth-order valence-corrected chi connectivity index (χ4v) is 2.08. The number of hydrogen-bond acceptors (Lipinski definition) is 1. The molecule has 0 bridgehead atoms. The maximum absolute atomic E-state index is 11.9. The molecule has 3 nitrogen and oxygen atoms in total. The van der Waals surface area contributed by atoms with Gasteiger partial charge < -0.3 is 9.80 Å². The Morgan fingerprint density at radius 1 is 1.21 bits per heavy atom. The quantitative estimate of drug-likeness (QED) is 0.796. The van der Waals surface area contributed by atoms with Crippen LogP contribution < -0.4 is 0 Å². The summed E-state index contributed by atoms with van der Waals surface area (Å²) in [6.45, 7) is 7.92. The van der Waals surface area contributed by atoms with E-state index in [4.69, 9.17) is 0 Å². The van der Waals surface area contributed by atoms with Gasteiger partial charge in [0, 0.05) is 27.2 Å². The number of benzene rings is 1. The van der Waals surface area contributed by atoms with Crippen LogP contribution >= 0.6 is 0 Å². The fraction of sp³-hybridized carbons (Fsp3) is 0.562. The first kappa shape index (κ1) is 15.5. The molecule has 0 saturated heterocycles. The summed E-state index contributed by atoms with van der Waals surface area (Å²) in [5.74, 6) is 0.476. The molecule has 1 rings (SSSR count). The van der Waals surface area contributed by atoms with Crippen LogP contribution in [-0.2, 0) is 0 Å². The molecule has 0 aromatic heterocycles. The zero-order chi connectivity index (χ0) is 14.4. The lowest BCUT2D eigenvalue weighted by Gasteiger charge is -2.26. The summed E-state index contributed by atoms with van der Waals surface area (Å²) >= 11 is 0. The zero-order valence-electron chi connectivity index (χ0n) is 12.8. The van der Waals surface area contributed by atoms with Crippen LogP contribution in [-0.4, -0.2) is 43.0 Å². The van der Waals surface area contributed by atoms with Gasteiger partial charge in [0.2, 0.25) is 0 Å². The first-order chi connectivity index (χ1) is 8.95.